The molecular weight excluding hydrogens is 881 g/mol. The van der Waals surface area contributed by atoms with Crippen molar-refractivity contribution in [2.24, 2.45) is 0 Å². The minimum atomic E-state index is -0.102. The molecule has 0 aliphatic carbocycles. The molecule has 36 radical (unpaired) electrons. The summed E-state index contributed by atoms with van der Waals surface area (Å²) in [5.41, 5.74) is 4.08. The molecule has 3 heterocycles. The number of benzene rings is 8. The van der Waals surface area contributed by atoms with Gasteiger partial charge in [-0.05, 0) is 50.4 Å². The molecule has 298 valence electrons. The van der Waals surface area contributed by atoms with Gasteiger partial charge in [0.1, 0.15) is 164 Å². The highest BCUT2D eigenvalue weighted by molar-refractivity contribution is 6.72. The van der Waals surface area contributed by atoms with Gasteiger partial charge in [-0.1, -0.05) is 127 Å². The third-order valence-corrected chi connectivity index (χ3v) is 13.7. The van der Waals surface area contributed by atoms with Gasteiger partial charge in [0, 0.05) is 38.2 Å². The molecular formula is C51H13B18N3O2. The normalized spacial score (nSPS) is 11.7. The predicted octanol–water partition coefficient (Wildman–Crippen LogP) is -8.04. The zero-order valence-electron chi connectivity index (χ0n) is 39.1. The summed E-state index contributed by atoms with van der Waals surface area (Å²) in [6.45, 7) is 0. The number of furan rings is 2. The number of aromatic nitrogens is 3. The quantitative estimate of drug-likeness (QED) is 0.156. The Morgan fingerprint density at radius 3 is 1.12 bits per heavy atom. The van der Waals surface area contributed by atoms with Crippen LogP contribution in [0.25, 0.3) is 111 Å². The van der Waals surface area contributed by atoms with E-state index in [-0.39, 0.29) is 182 Å². The van der Waals surface area contributed by atoms with Gasteiger partial charge in [-0.15, -0.1) is 32.8 Å². The summed E-state index contributed by atoms with van der Waals surface area (Å²) in [6, 6.07) is 25.8. The van der Waals surface area contributed by atoms with Crippen molar-refractivity contribution in [3.63, 3.8) is 0 Å². The van der Waals surface area contributed by atoms with E-state index in [0.717, 1.165) is 22.3 Å². The zero-order chi connectivity index (χ0) is 52.7. The Balaban J connectivity index is 1.18. The Bertz CT molecular complexity index is 4260. The minimum Gasteiger partial charge on any atom is -0.457 e. The van der Waals surface area contributed by atoms with Crippen LogP contribution in [0.3, 0.4) is 0 Å². The summed E-state index contributed by atoms with van der Waals surface area (Å²) in [7, 11) is 119. The van der Waals surface area contributed by atoms with Crippen molar-refractivity contribution in [3.05, 3.63) is 78.9 Å². The highest BCUT2D eigenvalue weighted by Crippen LogP contribution is 2.35. The van der Waals surface area contributed by atoms with Crippen molar-refractivity contribution in [1.29, 1.82) is 0 Å². The Hall–Kier alpha value is -6.46. The maximum Gasteiger partial charge on any atom is 0.164 e. The van der Waals surface area contributed by atoms with Gasteiger partial charge >= 0.3 is 0 Å². The van der Waals surface area contributed by atoms with Crippen molar-refractivity contribution in [3.8, 4) is 67.5 Å². The first-order valence-electron chi connectivity index (χ1n) is 22.4. The number of rotatable bonds is 6. The van der Waals surface area contributed by atoms with E-state index in [1.165, 1.54) is 0 Å². The average Bonchev–Trinajstić information content (AvgIpc) is 4.03. The molecule has 0 N–H and O–H groups in total. The van der Waals surface area contributed by atoms with E-state index in [1.807, 2.05) is 72.8 Å². The molecule has 0 saturated carbocycles. The fraction of sp³-hybridized carbons (Fsp3) is 0. The number of nitrogens with zero attached hydrogens (tertiary/aromatic N) is 3. The molecule has 0 unspecified atom stereocenters. The first-order chi connectivity index (χ1) is 35.2. The van der Waals surface area contributed by atoms with Crippen LogP contribution in [0.15, 0.2) is 87.7 Å². The maximum atomic E-state index is 7.12. The van der Waals surface area contributed by atoms with Crippen LogP contribution < -0.4 is 98.3 Å². The van der Waals surface area contributed by atoms with Crippen LogP contribution in [-0.4, -0.2) is 156 Å². The monoisotopic (exact) mass is 897 g/mol. The average molecular weight is 894 g/mol. The summed E-state index contributed by atoms with van der Waals surface area (Å²) in [5.74, 6) is -0.0536. The third kappa shape index (κ3) is 7.29. The maximum absolute atomic E-state index is 7.12. The Kier molecular flexibility index (Phi) is 12.2. The van der Waals surface area contributed by atoms with Crippen LogP contribution in [-0.2, 0) is 0 Å². The van der Waals surface area contributed by atoms with Crippen molar-refractivity contribution in [1.82, 2.24) is 15.0 Å². The lowest BCUT2D eigenvalue weighted by atomic mass is 9.57. The SMILES string of the molecule is [B]c1c([B])c([B])c(-c2c([B])c([B])c3c(oc4c([B])c(-c5nc(-c6ccc(-c7cccc(-c8ccccc8)c7)cc6)nc(-c6c([B])c([B])c([B])c7oc8c([B])c([B])c([B])c([B])c8c67)n5)c([B])c([B])c43)c2[B])c([B])c1[B]. The lowest BCUT2D eigenvalue weighted by Gasteiger charge is -2.25. The topological polar surface area (TPSA) is 65.0 Å². The summed E-state index contributed by atoms with van der Waals surface area (Å²) >= 11 is 0. The molecule has 11 aromatic rings. The number of fused-ring (bicyclic) bond motifs is 6. The fourth-order valence-electron chi connectivity index (χ4n) is 9.68. The third-order valence-electron chi connectivity index (χ3n) is 13.7. The zero-order valence-corrected chi connectivity index (χ0v) is 39.1. The van der Waals surface area contributed by atoms with Gasteiger partial charge in [0.25, 0.3) is 0 Å². The lowest BCUT2D eigenvalue weighted by Crippen LogP contribution is -2.56. The molecule has 0 saturated heterocycles. The largest absolute Gasteiger partial charge is 0.457 e. The summed E-state index contributed by atoms with van der Waals surface area (Å²) < 4.78 is 12.8. The Labute approximate surface area is 450 Å². The van der Waals surface area contributed by atoms with Crippen LogP contribution in [0.2, 0.25) is 0 Å². The molecule has 0 aliphatic heterocycles. The minimum absolute atomic E-state index is 0.00390. The molecule has 23 heteroatoms. The molecule has 0 atom stereocenters. The van der Waals surface area contributed by atoms with Crippen LogP contribution in [0.5, 0.6) is 0 Å². The van der Waals surface area contributed by atoms with Gasteiger partial charge < -0.3 is 8.83 Å². The van der Waals surface area contributed by atoms with Gasteiger partial charge in [-0.25, -0.2) is 15.0 Å². The lowest BCUT2D eigenvalue weighted by molar-refractivity contribution is 0.674. The van der Waals surface area contributed by atoms with E-state index >= 15 is 0 Å². The van der Waals surface area contributed by atoms with Crippen LogP contribution in [0, 0.1) is 0 Å². The van der Waals surface area contributed by atoms with Gasteiger partial charge in [0.15, 0.2) is 17.5 Å². The number of hydrogen-bond donors (Lipinski definition) is 0. The first-order valence-corrected chi connectivity index (χ1v) is 22.4. The summed E-state index contributed by atoms with van der Waals surface area (Å²) in [4.78, 5) is 14.9. The van der Waals surface area contributed by atoms with E-state index in [4.69, 9.17) is 165 Å². The molecule has 8 aromatic carbocycles. The summed E-state index contributed by atoms with van der Waals surface area (Å²) in [6.07, 6.45) is 0. The van der Waals surface area contributed by atoms with Crippen LogP contribution in [0.4, 0.5) is 0 Å². The van der Waals surface area contributed by atoms with Crippen LogP contribution >= 0.6 is 0 Å². The van der Waals surface area contributed by atoms with Crippen molar-refractivity contribution >= 4 is 283 Å². The highest BCUT2D eigenvalue weighted by Gasteiger charge is 2.29. The van der Waals surface area contributed by atoms with E-state index < -0.39 is 0 Å². The first kappa shape index (κ1) is 49.7. The van der Waals surface area contributed by atoms with Crippen molar-refractivity contribution in [2.45, 2.75) is 0 Å². The molecule has 0 bridgehead atoms. The number of hydrogen-bond acceptors (Lipinski definition) is 5. The molecule has 0 amide bonds. The van der Waals surface area contributed by atoms with E-state index in [2.05, 4.69) is 6.07 Å². The molecule has 0 fully saturated rings. The van der Waals surface area contributed by atoms with Gasteiger partial charge in [0.2, 0.25) is 0 Å². The van der Waals surface area contributed by atoms with Crippen LogP contribution in [0.1, 0.15) is 0 Å². The summed E-state index contributed by atoms with van der Waals surface area (Å²) in [5, 5.41) is 0.788. The standard InChI is InChI=1S/C51H13B18N3O2/c52-27-21(20-28(53)37(62)41(66)38(63)29(20)54)35(60)46-23(30(27)55)24-31(56)34(59)26(36(61)47(24)74-46)51-71-49(16-11-9-15(10-12-16)18-8-4-7-17(13-18)14-5-2-1-3-6-14)70-50(72-51)25-19-22-32(57)39(64)42(67)44(69)48(22)73-45(19)43(68)40(65)33(25)58/h1-13H. The Morgan fingerprint density at radius 1 is 0.230 bits per heavy atom. The second kappa shape index (κ2) is 18.1. The Morgan fingerprint density at radius 2 is 0.554 bits per heavy atom. The van der Waals surface area contributed by atoms with Crippen molar-refractivity contribution < 1.29 is 8.83 Å². The molecule has 3 aromatic heterocycles. The smallest absolute Gasteiger partial charge is 0.164 e. The second-order valence-corrected chi connectivity index (χ2v) is 17.8. The van der Waals surface area contributed by atoms with Crippen molar-refractivity contribution in [2.75, 3.05) is 0 Å². The predicted molar refractivity (Wildman–Crippen MR) is 324 cm³/mol. The molecule has 11 rings (SSSR count). The van der Waals surface area contributed by atoms with Gasteiger partial charge in [-0.3, -0.25) is 0 Å². The van der Waals surface area contributed by atoms with E-state index in [9.17, 15) is 0 Å². The van der Waals surface area contributed by atoms with E-state index in [1.54, 1.807) is 0 Å². The van der Waals surface area contributed by atoms with Gasteiger partial charge in [0.05, 0.1) is 0 Å². The molecule has 5 nitrogen and oxygen atoms in total. The fourth-order valence-corrected chi connectivity index (χ4v) is 9.68. The molecule has 0 spiro atoms. The molecule has 0 aliphatic rings. The second-order valence-electron chi connectivity index (χ2n) is 17.8. The van der Waals surface area contributed by atoms with Gasteiger partial charge in [-0.2, -0.15) is 0 Å². The highest BCUT2D eigenvalue weighted by atomic mass is 16.3. The molecule has 74 heavy (non-hydrogen) atoms. The van der Waals surface area contributed by atoms with E-state index in [0.29, 0.717) is 5.56 Å².